The highest BCUT2D eigenvalue weighted by molar-refractivity contribution is 8.01. The smallest absolute Gasteiger partial charge is 0.352 e. The number of oxime groups is 1. The van der Waals surface area contributed by atoms with E-state index < -0.39 is 41.8 Å². The van der Waals surface area contributed by atoms with Crippen LogP contribution in [0.15, 0.2) is 32.3 Å². The number of anilines is 1. The van der Waals surface area contributed by atoms with E-state index in [9.17, 15) is 24.3 Å². The molecular formula is C22H21N7O7S4. The number of carboxylic acid groups (broad SMARTS) is 2. The van der Waals surface area contributed by atoms with E-state index in [1.165, 1.54) is 45.1 Å². The van der Waals surface area contributed by atoms with Crippen LogP contribution in [0.3, 0.4) is 0 Å². The van der Waals surface area contributed by atoms with Crippen molar-refractivity contribution in [1.29, 1.82) is 0 Å². The summed E-state index contributed by atoms with van der Waals surface area (Å²) in [4.78, 5) is 66.7. The fourth-order valence-corrected chi connectivity index (χ4v) is 8.15. The summed E-state index contributed by atoms with van der Waals surface area (Å²) in [5.41, 5.74) is 6.78. The quantitative estimate of drug-likeness (QED) is 0.126. The summed E-state index contributed by atoms with van der Waals surface area (Å²) in [6, 6.07) is -1.03. The molecule has 1 saturated heterocycles. The van der Waals surface area contributed by atoms with Gasteiger partial charge in [-0.2, -0.15) is 0 Å². The Bertz CT molecular complexity index is 1480. The Kier molecular flexibility index (Phi) is 8.02. The van der Waals surface area contributed by atoms with E-state index in [-0.39, 0.29) is 22.2 Å². The molecule has 40 heavy (non-hydrogen) atoms. The lowest BCUT2D eigenvalue weighted by Crippen LogP contribution is -2.71. The first kappa shape index (κ1) is 27.9. The average molecular weight is 624 g/mol. The number of nitrogen functional groups attached to an aromatic ring is 1. The molecule has 0 radical (unpaired) electrons. The number of nitrogens with two attached hydrogens (primary N) is 1. The number of carbonyl (C=O) groups is 4. The molecule has 14 nitrogen and oxygen atoms in total. The Morgan fingerprint density at radius 3 is 2.83 bits per heavy atom. The second-order valence-corrected chi connectivity index (χ2v) is 12.9. The summed E-state index contributed by atoms with van der Waals surface area (Å²) in [7, 11) is 1.96. The van der Waals surface area contributed by atoms with Crippen LogP contribution in [-0.4, -0.2) is 96.0 Å². The number of nitrogens with zero attached hydrogens (tertiary/aromatic N) is 5. The molecule has 18 heteroatoms. The van der Waals surface area contributed by atoms with E-state index in [1.807, 2.05) is 24.2 Å². The maximum absolute atomic E-state index is 13.1. The van der Waals surface area contributed by atoms with Gasteiger partial charge in [-0.1, -0.05) is 16.9 Å². The zero-order chi connectivity index (χ0) is 28.6. The molecule has 2 aromatic heterocycles. The number of thioether (sulfide) groups is 2. The fourth-order valence-electron chi connectivity index (χ4n) is 4.04. The van der Waals surface area contributed by atoms with E-state index >= 15 is 0 Å². The van der Waals surface area contributed by atoms with Crippen LogP contribution in [-0.2, 0) is 30.6 Å². The minimum absolute atomic E-state index is 0.0433. The number of rotatable bonds is 10. The lowest BCUT2D eigenvalue weighted by atomic mass is 10.0. The molecule has 1 unspecified atom stereocenters. The van der Waals surface area contributed by atoms with Gasteiger partial charge in [0.05, 0.1) is 17.1 Å². The van der Waals surface area contributed by atoms with Crippen LogP contribution in [0.4, 0.5) is 5.13 Å². The van der Waals surface area contributed by atoms with Crippen LogP contribution in [0.25, 0.3) is 6.08 Å². The Morgan fingerprint density at radius 2 is 2.12 bits per heavy atom. The van der Waals surface area contributed by atoms with E-state index in [4.69, 9.17) is 15.7 Å². The lowest BCUT2D eigenvalue weighted by molar-refractivity contribution is -0.150. The summed E-state index contributed by atoms with van der Waals surface area (Å²) in [5, 5.41) is 25.8. The standard InChI is InChI=1S/C22H21N7O7S4/c1-28-3-2-12-10(4-28)25-22(40-12)39-7-9-6-37-19-15(18(33)29(19)16(9)20(34)35)26-17(32)14(27-36-5-13(30)31)11-8-38-21(23)24-11/h2-3,8,15,19H,4-7H2,1H3,(H2,23,24)(H,26,32)(H,30,31)(H,34,35)/b27-14-/t15?,19-/m1/s1. The van der Waals surface area contributed by atoms with Crippen molar-refractivity contribution in [1.82, 2.24) is 25.1 Å². The SMILES string of the molecule is CN1C=Cc2sc(SCC3=C(C(=O)O)N4C(=O)C(NC(=O)/C(=N\OCC(=O)O)c5csc(N)n5)[C@H]4SC3)nc2C1. The van der Waals surface area contributed by atoms with E-state index in [2.05, 4.69) is 20.4 Å². The Labute approximate surface area is 243 Å². The van der Waals surface area contributed by atoms with Crippen molar-refractivity contribution >= 4 is 86.9 Å². The highest BCUT2D eigenvalue weighted by Gasteiger charge is 2.54. The zero-order valence-electron chi connectivity index (χ0n) is 20.6. The minimum atomic E-state index is -1.30. The number of carbonyl (C=O) groups excluding carboxylic acids is 2. The van der Waals surface area contributed by atoms with Gasteiger partial charge in [0.1, 0.15) is 22.8 Å². The predicted molar refractivity (Wildman–Crippen MR) is 150 cm³/mol. The van der Waals surface area contributed by atoms with Gasteiger partial charge in [0.2, 0.25) is 6.61 Å². The van der Waals surface area contributed by atoms with Gasteiger partial charge in [0.15, 0.2) is 15.2 Å². The van der Waals surface area contributed by atoms with Gasteiger partial charge in [-0.15, -0.1) is 34.4 Å². The van der Waals surface area contributed by atoms with E-state index in [0.29, 0.717) is 23.6 Å². The van der Waals surface area contributed by atoms with Gasteiger partial charge in [0.25, 0.3) is 11.8 Å². The van der Waals surface area contributed by atoms with Crippen LogP contribution in [0.5, 0.6) is 0 Å². The normalized spacial score (nSPS) is 20.1. The molecule has 5 heterocycles. The molecule has 3 aliphatic rings. The Balaban J connectivity index is 1.28. The van der Waals surface area contributed by atoms with Crippen molar-refractivity contribution in [3.8, 4) is 0 Å². The molecule has 5 N–H and O–H groups in total. The van der Waals surface area contributed by atoms with Crippen LogP contribution in [0.2, 0.25) is 0 Å². The third-order valence-electron chi connectivity index (χ3n) is 5.82. The van der Waals surface area contributed by atoms with Crippen LogP contribution < -0.4 is 11.1 Å². The van der Waals surface area contributed by atoms with Gasteiger partial charge in [0, 0.05) is 30.1 Å². The largest absolute Gasteiger partial charge is 0.479 e. The van der Waals surface area contributed by atoms with Gasteiger partial charge in [-0.25, -0.2) is 19.6 Å². The van der Waals surface area contributed by atoms with Crippen molar-refractivity contribution in [3.05, 3.63) is 39.1 Å². The first-order valence-corrected chi connectivity index (χ1v) is 15.2. The molecule has 0 spiro atoms. The average Bonchev–Trinajstić information content (AvgIpc) is 3.52. The zero-order valence-corrected chi connectivity index (χ0v) is 23.9. The van der Waals surface area contributed by atoms with E-state index in [0.717, 1.165) is 26.2 Å². The highest BCUT2D eigenvalue weighted by atomic mass is 32.2. The maximum Gasteiger partial charge on any atom is 0.352 e. The van der Waals surface area contributed by atoms with Crippen molar-refractivity contribution < 1.29 is 34.2 Å². The van der Waals surface area contributed by atoms with Crippen LogP contribution >= 0.6 is 46.2 Å². The minimum Gasteiger partial charge on any atom is -0.479 e. The maximum atomic E-state index is 13.1. The number of β-lactam (4-membered cyclic amide) rings is 1. The van der Waals surface area contributed by atoms with Crippen molar-refractivity contribution in [2.45, 2.75) is 22.3 Å². The number of fused-ring (bicyclic) bond motifs is 2. The molecule has 0 aromatic carbocycles. The first-order valence-electron chi connectivity index (χ1n) is 11.5. The molecule has 1 fully saturated rings. The summed E-state index contributed by atoms with van der Waals surface area (Å²) < 4.78 is 0.814. The second-order valence-electron chi connectivity index (χ2n) is 8.61. The molecule has 2 aromatic rings. The monoisotopic (exact) mass is 623 g/mol. The highest BCUT2D eigenvalue weighted by Crippen LogP contribution is 2.42. The number of aliphatic carboxylic acids is 2. The van der Waals surface area contributed by atoms with E-state index in [1.54, 1.807) is 0 Å². The molecule has 2 amide bonds. The number of thiazole rings is 2. The number of aromatic nitrogens is 2. The fraction of sp³-hybridized carbons (Fsp3) is 0.318. The van der Waals surface area contributed by atoms with Crippen LogP contribution in [0, 0.1) is 0 Å². The van der Waals surface area contributed by atoms with Gasteiger partial charge in [-0.3, -0.25) is 14.5 Å². The molecule has 0 bridgehead atoms. The Hall–Kier alpha value is -3.61. The predicted octanol–water partition coefficient (Wildman–Crippen LogP) is 0.934. The summed E-state index contributed by atoms with van der Waals surface area (Å²) in [6.45, 7) is -0.0945. The third kappa shape index (κ3) is 5.65. The van der Waals surface area contributed by atoms with Gasteiger partial charge < -0.3 is 31.0 Å². The van der Waals surface area contributed by atoms with Gasteiger partial charge in [-0.05, 0) is 11.6 Å². The number of nitrogens with one attached hydrogen (secondary N) is 1. The molecule has 210 valence electrons. The molecular weight excluding hydrogens is 603 g/mol. The summed E-state index contributed by atoms with van der Waals surface area (Å²) in [6.07, 6.45) is 3.97. The molecule has 3 aliphatic heterocycles. The Morgan fingerprint density at radius 1 is 1.32 bits per heavy atom. The third-order valence-corrected chi connectivity index (χ3v) is 10.1. The van der Waals surface area contributed by atoms with Crippen molar-refractivity contribution in [2.75, 3.05) is 30.9 Å². The number of hydrogen-bond donors (Lipinski definition) is 4. The second kappa shape index (κ2) is 11.5. The van der Waals surface area contributed by atoms with Crippen LogP contribution in [0.1, 0.15) is 16.3 Å². The summed E-state index contributed by atoms with van der Waals surface area (Å²) in [5.74, 6) is -3.28. The lowest BCUT2D eigenvalue weighted by Gasteiger charge is -2.49. The first-order chi connectivity index (χ1) is 19.1. The number of amides is 2. The summed E-state index contributed by atoms with van der Waals surface area (Å²) >= 11 is 5.32. The number of carboxylic acids is 2. The topological polar surface area (TPSA) is 201 Å². The van der Waals surface area contributed by atoms with Crippen molar-refractivity contribution in [3.63, 3.8) is 0 Å². The van der Waals surface area contributed by atoms with Crippen molar-refractivity contribution in [2.24, 2.45) is 5.16 Å². The molecule has 2 atom stereocenters. The number of hydrogen-bond acceptors (Lipinski definition) is 14. The molecule has 5 rings (SSSR count). The molecule has 0 aliphatic carbocycles. The van der Waals surface area contributed by atoms with Gasteiger partial charge >= 0.3 is 11.9 Å². The molecule has 0 saturated carbocycles.